The van der Waals surface area contributed by atoms with Crippen LogP contribution in [0.3, 0.4) is 0 Å². The summed E-state index contributed by atoms with van der Waals surface area (Å²) in [5, 5.41) is 0. The molecular formula is C6H15FSi2. The van der Waals surface area contributed by atoms with Crippen molar-refractivity contribution in [1.29, 1.82) is 0 Å². The van der Waals surface area contributed by atoms with Crippen molar-refractivity contribution in [2.75, 3.05) is 0 Å². The molecule has 0 aliphatic heterocycles. The molecule has 1 unspecified atom stereocenters. The Morgan fingerprint density at radius 2 is 1.78 bits per heavy atom. The molecule has 0 aliphatic rings. The van der Waals surface area contributed by atoms with Gasteiger partial charge < -0.3 is 0 Å². The van der Waals surface area contributed by atoms with E-state index in [1.807, 2.05) is 6.08 Å². The molecule has 0 saturated carbocycles. The molecule has 0 aromatic rings. The van der Waals surface area contributed by atoms with Crippen molar-refractivity contribution in [3.63, 3.8) is 0 Å². The van der Waals surface area contributed by atoms with Crippen molar-refractivity contribution < 1.29 is 4.39 Å². The predicted octanol–water partition coefficient (Wildman–Crippen LogP) is -0.211. The molecule has 0 N–H and O–H groups in total. The molecule has 54 valence electrons. The normalized spacial score (nSPS) is 11.2. The Kier molecular flexibility index (Phi) is 13.9. The molecule has 0 amide bonds. The maximum Gasteiger partial charge on any atom is 0.0966 e. The van der Waals surface area contributed by atoms with Crippen LogP contribution >= 0.6 is 0 Å². The van der Waals surface area contributed by atoms with E-state index in [2.05, 4.69) is 13.2 Å². The Hall–Kier alpha value is -0.156. The van der Waals surface area contributed by atoms with Gasteiger partial charge in [-0.25, -0.2) is 4.39 Å². The van der Waals surface area contributed by atoms with Crippen molar-refractivity contribution in [3.05, 3.63) is 25.3 Å². The highest BCUT2D eigenvalue weighted by Gasteiger charge is 1.79. The van der Waals surface area contributed by atoms with Crippen molar-refractivity contribution in [2.45, 2.75) is 11.8 Å². The second-order valence-electron chi connectivity index (χ2n) is 1.61. The lowest BCUT2D eigenvalue weighted by atomic mass is 10.7. The van der Waals surface area contributed by atoms with Crippen molar-refractivity contribution in [3.8, 4) is 0 Å². The van der Waals surface area contributed by atoms with E-state index in [1.165, 1.54) is 22.4 Å². The molecule has 9 heavy (non-hydrogen) atoms. The SMILES string of the molecule is C=CC(F)[SiH3].C=CC[SiH3]. The lowest BCUT2D eigenvalue weighted by Gasteiger charge is -1.79. The summed E-state index contributed by atoms with van der Waals surface area (Å²) in [4.78, 5) is 0. The molecule has 0 spiro atoms. The molecule has 0 heterocycles. The van der Waals surface area contributed by atoms with Gasteiger partial charge >= 0.3 is 0 Å². The smallest absolute Gasteiger partial charge is 0.0966 e. The number of rotatable bonds is 2. The van der Waals surface area contributed by atoms with Gasteiger partial charge in [-0.2, -0.15) is 0 Å². The highest BCUT2D eigenvalue weighted by atomic mass is 28.1. The van der Waals surface area contributed by atoms with E-state index in [-0.39, 0.29) is 0 Å². The van der Waals surface area contributed by atoms with Crippen molar-refractivity contribution in [1.82, 2.24) is 0 Å². The minimum Gasteiger partial charge on any atom is -0.248 e. The third kappa shape index (κ3) is 33.1. The molecule has 0 rings (SSSR count). The molecule has 0 aromatic heterocycles. The number of halogens is 1. The fraction of sp³-hybridized carbons (Fsp3) is 0.333. The van der Waals surface area contributed by atoms with Gasteiger partial charge in [-0.05, 0) is 6.04 Å². The van der Waals surface area contributed by atoms with E-state index < -0.39 is 5.79 Å². The van der Waals surface area contributed by atoms with E-state index in [1.54, 1.807) is 0 Å². The van der Waals surface area contributed by atoms with Gasteiger partial charge in [0.25, 0.3) is 0 Å². The van der Waals surface area contributed by atoms with Gasteiger partial charge in [-0.1, -0.05) is 12.2 Å². The van der Waals surface area contributed by atoms with Crippen LogP contribution in [-0.2, 0) is 0 Å². The lowest BCUT2D eigenvalue weighted by molar-refractivity contribution is 0.512. The first-order chi connectivity index (χ1) is 4.18. The maximum atomic E-state index is 11.4. The van der Waals surface area contributed by atoms with Crippen LogP contribution in [0.15, 0.2) is 25.3 Å². The molecular weight excluding hydrogens is 147 g/mol. The van der Waals surface area contributed by atoms with E-state index in [0.29, 0.717) is 10.2 Å². The Morgan fingerprint density at radius 3 is 1.78 bits per heavy atom. The summed E-state index contributed by atoms with van der Waals surface area (Å²) in [6.07, 6.45) is 3.25. The zero-order valence-electron chi connectivity index (χ0n) is 6.23. The Morgan fingerprint density at radius 1 is 1.56 bits per heavy atom. The standard InChI is InChI=1S/C3H7FSi.C3H8Si/c1-2-3(4)5;1-2-3-4/h2-3H,1H2,5H3;2H,1,3H2,4H3. The summed E-state index contributed by atoms with van der Waals surface area (Å²) in [5.41, 5.74) is 0. The van der Waals surface area contributed by atoms with Crippen LogP contribution in [0.1, 0.15) is 0 Å². The molecule has 0 radical (unpaired) electrons. The third-order valence-corrected chi connectivity index (χ3v) is 1.66. The summed E-state index contributed by atoms with van der Waals surface area (Å²) in [6, 6.07) is 1.22. The van der Waals surface area contributed by atoms with Gasteiger partial charge in [0.1, 0.15) is 0 Å². The second-order valence-corrected chi connectivity index (χ2v) is 3.53. The van der Waals surface area contributed by atoms with Crippen molar-refractivity contribution >= 4 is 20.5 Å². The Balaban J connectivity index is 0. The number of alkyl halides is 1. The van der Waals surface area contributed by atoms with E-state index in [9.17, 15) is 4.39 Å². The van der Waals surface area contributed by atoms with Crippen LogP contribution < -0.4 is 0 Å². The predicted molar refractivity (Wildman–Crippen MR) is 50.0 cm³/mol. The summed E-state index contributed by atoms with van der Waals surface area (Å²) in [5.74, 6) is -0.713. The quantitative estimate of drug-likeness (QED) is 0.389. The number of hydrogen-bond donors (Lipinski definition) is 0. The third-order valence-electron chi connectivity index (χ3n) is 0.613. The van der Waals surface area contributed by atoms with E-state index in [0.717, 1.165) is 0 Å². The average molecular weight is 162 g/mol. The fourth-order valence-corrected chi connectivity index (χ4v) is 0. The van der Waals surface area contributed by atoms with Crippen LogP contribution in [0.4, 0.5) is 4.39 Å². The van der Waals surface area contributed by atoms with E-state index >= 15 is 0 Å². The Labute approximate surface area is 62.7 Å². The second kappa shape index (κ2) is 10.8. The van der Waals surface area contributed by atoms with Gasteiger partial charge in [0.15, 0.2) is 0 Å². The number of hydrogen-bond acceptors (Lipinski definition) is 0. The molecule has 0 aliphatic carbocycles. The fourth-order valence-electron chi connectivity index (χ4n) is 0. The summed E-state index contributed by atoms with van der Waals surface area (Å²) >= 11 is 0. The van der Waals surface area contributed by atoms with Gasteiger partial charge in [-0.15, -0.1) is 13.2 Å². The highest BCUT2D eigenvalue weighted by molar-refractivity contribution is 6.12. The summed E-state index contributed by atoms with van der Waals surface area (Å²) in [6.45, 7) is 6.73. The Bertz CT molecular complexity index is 71.5. The summed E-state index contributed by atoms with van der Waals surface area (Å²) < 4.78 is 11.4. The molecule has 3 heteroatoms. The van der Waals surface area contributed by atoms with Crippen LogP contribution in [-0.4, -0.2) is 26.3 Å². The maximum absolute atomic E-state index is 11.4. The average Bonchev–Trinajstić information content (AvgIpc) is 1.89. The molecule has 0 nitrogen and oxygen atoms in total. The number of allylic oxidation sites excluding steroid dienone is 2. The molecule has 0 saturated heterocycles. The van der Waals surface area contributed by atoms with Gasteiger partial charge in [0.2, 0.25) is 0 Å². The monoisotopic (exact) mass is 162 g/mol. The first-order valence-corrected chi connectivity index (χ1v) is 5.63. The first kappa shape index (κ1) is 11.6. The van der Waals surface area contributed by atoms with Crippen molar-refractivity contribution in [2.24, 2.45) is 0 Å². The van der Waals surface area contributed by atoms with Crippen LogP contribution in [0.25, 0.3) is 0 Å². The zero-order valence-corrected chi connectivity index (χ0v) is 10.2. The van der Waals surface area contributed by atoms with Gasteiger partial charge in [-0.3, -0.25) is 0 Å². The topological polar surface area (TPSA) is 0 Å². The largest absolute Gasteiger partial charge is 0.248 e. The van der Waals surface area contributed by atoms with Gasteiger partial charge in [0, 0.05) is 10.2 Å². The van der Waals surface area contributed by atoms with Crippen LogP contribution in [0.5, 0.6) is 0 Å². The van der Waals surface area contributed by atoms with E-state index in [4.69, 9.17) is 0 Å². The first-order valence-electron chi connectivity index (χ1n) is 3.06. The zero-order chi connectivity index (χ0) is 7.70. The van der Waals surface area contributed by atoms with Crippen LogP contribution in [0.2, 0.25) is 6.04 Å². The molecule has 0 fully saturated rings. The van der Waals surface area contributed by atoms with Crippen LogP contribution in [0, 0.1) is 0 Å². The highest BCUT2D eigenvalue weighted by Crippen LogP contribution is 1.77. The van der Waals surface area contributed by atoms with Gasteiger partial charge in [0.05, 0.1) is 16.0 Å². The molecule has 0 bridgehead atoms. The molecule has 1 atom stereocenters. The lowest BCUT2D eigenvalue weighted by Crippen LogP contribution is -1.87. The molecule has 0 aromatic carbocycles. The minimum atomic E-state index is -0.713. The summed E-state index contributed by atoms with van der Waals surface area (Å²) in [7, 11) is 1.86. The minimum absolute atomic E-state index is 0.585.